The standard InChI is InChI=1S/C15H19N3O6/c1-4-23-15(20)10(2)11(3)16-17-14(19)9-24-13-7-5-12(6-8-13)18(21)22/h5-8,10H,4,9H2,1-3H3,(H,17,19)/b16-11-. The Labute approximate surface area is 138 Å². The second-order valence-corrected chi connectivity index (χ2v) is 4.80. The Kier molecular flexibility index (Phi) is 7.34. The summed E-state index contributed by atoms with van der Waals surface area (Å²) in [6, 6.07) is 5.33. The summed E-state index contributed by atoms with van der Waals surface area (Å²) in [5, 5.41) is 14.3. The predicted molar refractivity (Wildman–Crippen MR) is 85.6 cm³/mol. The van der Waals surface area contributed by atoms with E-state index in [9.17, 15) is 19.7 Å². The lowest BCUT2D eigenvalue weighted by molar-refractivity contribution is -0.384. The van der Waals surface area contributed by atoms with Crippen LogP contribution in [0.2, 0.25) is 0 Å². The number of nitrogens with one attached hydrogen (secondary N) is 1. The van der Waals surface area contributed by atoms with E-state index < -0.39 is 22.7 Å². The Balaban J connectivity index is 2.47. The highest BCUT2D eigenvalue weighted by Gasteiger charge is 2.17. The van der Waals surface area contributed by atoms with Crippen molar-refractivity contribution in [2.45, 2.75) is 20.8 Å². The van der Waals surface area contributed by atoms with Crippen molar-refractivity contribution in [1.82, 2.24) is 5.43 Å². The molecule has 0 aliphatic carbocycles. The van der Waals surface area contributed by atoms with Gasteiger partial charge < -0.3 is 9.47 Å². The van der Waals surface area contributed by atoms with Crippen molar-refractivity contribution in [1.29, 1.82) is 0 Å². The number of carbonyl (C=O) groups is 2. The zero-order chi connectivity index (χ0) is 18.1. The molecule has 1 aromatic carbocycles. The molecule has 0 bridgehead atoms. The molecule has 1 aromatic rings. The van der Waals surface area contributed by atoms with Crippen molar-refractivity contribution in [3.8, 4) is 5.75 Å². The van der Waals surface area contributed by atoms with Crippen LogP contribution in [0, 0.1) is 16.0 Å². The van der Waals surface area contributed by atoms with Crippen LogP contribution in [0.25, 0.3) is 0 Å². The highest BCUT2D eigenvalue weighted by Crippen LogP contribution is 2.17. The normalized spacial score (nSPS) is 12.2. The molecule has 0 fully saturated rings. The summed E-state index contributed by atoms with van der Waals surface area (Å²) in [6.07, 6.45) is 0. The molecule has 0 saturated heterocycles. The number of hydrogen-bond donors (Lipinski definition) is 1. The maximum atomic E-state index is 11.6. The van der Waals surface area contributed by atoms with Crippen molar-refractivity contribution in [3.63, 3.8) is 0 Å². The molecule has 1 atom stereocenters. The second-order valence-electron chi connectivity index (χ2n) is 4.80. The van der Waals surface area contributed by atoms with E-state index in [0.29, 0.717) is 11.5 Å². The van der Waals surface area contributed by atoms with E-state index in [0.717, 1.165) is 0 Å². The van der Waals surface area contributed by atoms with Gasteiger partial charge in [-0.3, -0.25) is 19.7 Å². The van der Waals surface area contributed by atoms with Gasteiger partial charge in [-0.2, -0.15) is 5.10 Å². The first-order valence-corrected chi connectivity index (χ1v) is 7.22. The molecular weight excluding hydrogens is 318 g/mol. The lowest BCUT2D eigenvalue weighted by atomic mass is 10.1. The third-order valence-electron chi connectivity index (χ3n) is 3.04. The summed E-state index contributed by atoms with van der Waals surface area (Å²) in [6.45, 7) is 4.87. The summed E-state index contributed by atoms with van der Waals surface area (Å²) in [4.78, 5) is 33.2. The van der Waals surface area contributed by atoms with E-state index in [4.69, 9.17) is 9.47 Å². The Morgan fingerprint density at radius 1 is 1.33 bits per heavy atom. The number of ether oxygens (including phenoxy) is 2. The van der Waals surface area contributed by atoms with Crippen LogP contribution in [0.5, 0.6) is 5.75 Å². The summed E-state index contributed by atoms with van der Waals surface area (Å²) in [7, 11) is 0. The minimum absolute atomic E-state index is 0.0695. The van der Waals surface area contributed by atoms with Crippen LogP contribution >= 0.6 is 0 Å². The molecular formula is C15H19N3O6. The van der Waals surface area contributed by atoms with Gasteiger partial charge in [0.15, 0.2) is 6.61 Å². The first kappa shape index (κ1) is 19.1. The molecule has 9 heteroatoms. The molecule has 24 heavy (non-hydrogen) atoms. The van der Waals surface area contributed by atoms with Crippen molar-refractivity contribution in [2.75, 3.05) is 13.2 Å². The van der Waals surface area contributed by atoms with Crippen molar-refractivity contribution in [3.05, 3.63) is 34.4 Å². The van der Waals surface area contributed by atoms with Crippen LogP contribution in [0.15, 0.2) is 29.4 Å². The van der Waals surface area contributed by atoms with E-state index in [1.54, 1.807) is 20.8 Å². The number of esters is 1. The molecule has 1 N–H and O–H groups in total. The van der Waals surface area contributed by atoms with Gasteiger partial charge in [0.05, 0.1) is 17.4 Å². The lowest BCUT2D eigenvalue weighted by Gasteiger charge is -2.10. The van der Waals surface area contributed by atoms with Gasteiger partial charge in [-0.25, -0.2) is 5.43 Å². The van der Waals surface area contributed by atoms with Crippen LogP contribution in [-0.4, -0.2) is 35.7 Å². The molecule has 0 aliphatic heterocycles. The SMILES string of the molecule is CCOC(=O)C(C)/C(C)=N\NC(=O)COc1ccc([N+](=O)[O-])cc1. The largest absolute Gasteiger partial charge is 0.484 e. The average Bonchev–Trinajstić information content (AvgIpc) is 2.57. The molecule has 130 valence electrons. The summed E-state index contributed by atoms with van der Waals surface area (Å²) < 4.78 is 10.0. The zero-order valence-electron chi connectivity index (χ0n) is 13.6. The molecule has 0 aliphatic rings. The van der Waals surface area contributed by atoms with Gasteiger partial charge in [0, 0.05) is 17.8 Å². The third kappa shape index (κ3) is 6.03. The predicted octanol–water partition coefficient (Wildman–Crippen LogP) is 1.66. The van der Waals surface area contributed by atoms with Gasteiger partial charge in [0.1, 0.15) is 5.75 Å². The van der Waals surface area contributed by atoms with Crippen LogP contribution in [-0.2, 0) is 14.3 Å². The van der Waals surface area contributed by atoms with Crippen LogP contribution in [0.3, 0.4) is 0 Å². The number of nitro groups is 1. The summed E-state index contributed by atoms with van der Waals surface area (Å²) in [5.41, 5.74) is 2.60. The minimum atomic E-state index is -0.569. The van der Waals surface area contributed by atoms with E-state index >= 15 is 0 Å². The average molecular weight is 337 g/mol. The number of hydrazone groups is 1. The van der Waals surface area contributed by atoms with E-state index in [1.165, 1.54) is 24.3 Å². The topological polar surface area (TPSA) is 120 Å². The summed E-state index contributed by atoms with van der Waals surface area (Å²) >= 11 is 0. The molecule has 0 saturated carbocycles. The smallest absolute Gasteiger partial charge is 0.314 e. The number of amides is 1. The van der Waals surface area contributed by atoms with Gasteiger partial charge in [-0.15, -0.1) is 0 Å². The van der Waals surface area contributed by atoms with Crippen molar-refractivity contribution < 1.29 is 24.0 Å². The highest BCUT2D eigenvalue weighted by molar-refractivity contribution is 6.00. The fourth-order valence-corrected chi connectivity index (χ4v) is 1.53. The highest BCUT2D eigenvalue weighted by atomic mass is 16.6. The quantitative estimate of drug-likeness (QED) is 0.333. The number of non-ortho nitro benzene ring substituents is 1. The van der Waals surface area contributed by atoms with E-state index in [1.807, 2.05) is 0 Å². The first-order valence-electron chi connectivity index (χ1n) is 7.22. The number of benzene rings is 1. The number of hydrogen-bond acceptors (Lipinski definition) is 7. The Morgan fingerprint density at radius 3 is 2.50 bits per heavy atom. The molecule has 1 unspecified atom stereocenters. The lowest BCUT2D eigenvalue weighted by Crippen LogP contribution is -2.28. The second kappa shape index (κ2) is 9.23. The number of nitrogens with zero attached hydrogens (tertiary/aromatic N) is 2. The van der Waals surface area contributed by atoms with Crippen LogP contribution < -0.4 is 10.2 Å². The van der Waals surface area contributed by atoms with Gasteiger partial charge >= 0.3 is 5.97 Å². The fraction of sp³-hybridized carbons (Fsp3) is 0.400. The van der Waals surface area contributed by atoms with Gasteiger partial charge in [-0.05, 0) is 32.9 Å². The number of carbonyl (C=O) groups excluding carboxylic acids is 2. The Bertz CT molecular complexity index is 627. The first-order chi connectivity index (χ1) is 11.3. The van der Waals surface area contributed by atoms with Gasteiger partial charge in [0.2, 0.25) is 0 Å². The maximum absolute atomic E-state index is 11.6. The minimum Gasteiger partial charge on any atom is -0.484 e. The molecule has 0 radical (unpaired) electrons. The number of rotatable bonds is 8. The molecule has 1 amide bonds. The molecule has 0 spiro atoms. The maximum Gasteiger partial charge on any atom is 0.314 e. The van der Waals surface area contributed by atoms with Crippen molar-refractivity contribution in [2.24, 2.45) is 11.0 Å². The molecule has 1 rings (SSSR count). The third-order valence-corrected chi connectivity index (χ3v) is 3.04. The number of nitro benzene ring substituents is 1. The van der Waals surface area contributed by atoms with Gasteiger partial charge in [0.25, 0.3) is 11.6 Å². The molecule has 0 heterocycles. The van der Waals surface area contributed by atoms with E-state index in [2.05, 4.69) is 10.5 Å². The fourth-order valence-electron chi connectivity index (χ4n) is 1.53. The van der Waals surface area contributed by atoms with Gasteiger partial charge in [-0.1, -0.05) is 0 Å². The van der Waals surface area contributed by atoms with Crippen molar-refractivity contribution >= 4 is 23.3 Å². The molecule has 9 nitrogen and oxygen atoms in total. The Morgan fingerprint density at radius 2 is 1.96 bits per heavy atom. The van der Waals surface area contributed by atoms with E-state index in [-0.39, 0.29) is 18.9 Å². The summed E-state index contributed by atoms with van der Waals surface area (Å²) in [5.74, 6) is -1.20. The monoisotopic (exact) mass is 337 g/mol. The Hall–Kier alpha value is -2.97. The zero-order valence-corrected chi connectivity index (χ0v) is 13.6. The molecule has 0 aromatic heterocycles. The van der Waals surface area contributed by atoms with Crippen LogP contribution in [0.1, 0.15) is 20.8 Å². The van der Waals surface area contributed by atoms with Crippen LogP contribution in [0.4, 0.5) is 5.69 Å².